The van der Waals surface area contributed by atoms with Crippen LogP contribution in [-0.2, 0) is 19.4 Å². The number of rotatable bonds is 4. The molecule has 0 saturated heterocycles. The lowest BCUT2D eigenvalue weighted by Gasteiger charge is -2.08. The number of sulfone groups is 1. The van der Waals surface area contributed by atoms with Gasteiger partial charge in [-0.15, -0.1) is 0 Å². The van der Waals surface area contributed by atoms with Crippen molar-refractivity contribution in [3.8, 4) is 0 Å². The van der Waals surface area contributed by atoms with Crippen LogP contribution in [0.1, 0.15) is 24.0 Å². The fourth-order valence-corrected chi connectivity index (χ4v) is 3.72. The van der Waals surface area contributed by atoms with Crippen molar-refractivity contribution in [3.63, 3.8) is 0 Å². The maximum absolute atomic E-state index is 13.3. The van der Waals surface area contributed by atoms with E-state index >= 15 is 0 Å². The van der Waals surface area contributed by atoms with Gasteiger partial charge in [-0.3, -0.25) is 4.79 Å². The number of nitrogens with zero attached hydrogens (tertiary/aromatic N) is 1. The van der Waals surface area contributed by atoms with Crippen molar-refractivity contribution in [2.75, 3.05) is 13.4 Å². The van der Waals surface area contributed by atoms with E-state index in [9.17, 15) is 17.6 Å². The summed E-state index contributed by atoms with van der Waals surface area (Å²) < 4.78 is 41.3. The number of allylic oxidation sites excluding steroid dienone is 2. The lowest BCUT2D eigenvalue weighted by atomic mass is 9.98. The minimum Gasteiger partial charge on any atom is -0.469 e. The summed E-state index contributed by atoms with van der Waals surface area (Å²) in [6.07, 6.45) is 3.52. The van der Waals surface area contributed by atoms with Crippen LogP contribution in [0, 0.1) is 11.7 Å². The summed E-state index contributed by atoms with van der Waals surface area (Å²) in [6.45, 7) is 0. The molecule has 3 rings (SSSR count). The molecule has 5 nitrogen and oxygen atoms in total. The third-order valence-corrected chi connectivity index (χ3v) is 5.46. The van der Waals surface area contributed by atoms with Gasteiger partial charge in [0.05, 0.1) is 13.0 Å². The van der Waals surface area contributed by atoms with Gasteiger partial charge in [0.25, 0.3) is 0 Å². The molecule has 7 heteroatoms. The van der Waals surface area contributed by atoms with Crippen LogP contribution in [0.15, 0.2) is 47.6 Å². The lowest BCUT2D eigenvalue weighted by molar-refractivity contribution is -0.144. The summed E-state index contributed by atoms with van der Waals surface area (Å²) in [5, 5.41) is -0.00676. The largest absolute Gasteiger partial charge is 0.469 e. The first-order chi connectivity index (χ1) is 12.3. The predicted molar refractivity (Wildman–Crippen MR) is 95.3 cm³/mol. The van der Waals surface area contributed by atoms with Gasteiger partial charge in [0.2, 0.25) is 0 Å². The third kappa shape index (κ3) is 3.67. The molecule has 0 aliphatic heterocycles. The second-order valence-corrected chi connectivity index (χ2v) is 8.21. The molecule has 136 valence electrons. The van der Waals surface area contributed by atoms with Crippen LogP contribution in [0.25, 0.3) is 11.1 Å². The first-order valence-corrected chi connectivity index (χ1v) is 9.91. The summed E-state index contributed by atoms with van der Waals surface area (Å²) in [7, 11) is -2.04. The van der Waals surface area contributed by atoms with Crippen LogP contribution in [0.2, 0.25) is 0 Å². The highest BCUT2D eigenvalue weighted by Crippen LogP contribution is 2.43. The van der Waals surface area contributed by atoms with Gasteiger partial charge in [-0.2, -0.15) is 0 Å². The first kappa shape index (κ1) is 18.3. The second-order valence-electron chi connectivity index (χ2n) is 6.25. The standard InChI is InChI=1S/C19H18FNO4S/c1-25-19(22)14-9-16(12-3-6-15(20)7-4-12)17(10-14)13-5-8-18(21-11-13)26(2,23)24/h3-8,11,14H,9-10H2,1-2H3. The maximum Gasteiger partial charge on any atom is 0.309 e. The average Bonchev–Trinajstić information content (AvgIpc) is 3.06. The number of aromatic nitrogens is 1. The Kier molecular flexibility index (Phi) is 4.91. The molecule has 0 bridgehead atoms. The minimum absolute atomic E-state index is 0.00676. The van der Waals surface area contributed by atoms with Gasteiger partial charge in [-0.05, 0) is 53.3 Å². The molecule has 1 atom stereocenters. The van der Waals surface area contributed by atoms with Gasteiger partial charge in [0.1, 0.15) is 5.82 Å². The number of methoxy groups -OCH3 is 1. The van der Waals surface area contributed by atoms with Crippen molar-refractivity contribution in [2.45, 2.75) is 17.9 Å². The Morgan fingerprint density at radius 3 is 2.15 bits per heavy atom. The van der Waals surface area contributed by atoms with Crippen molar-refractivity contribution >= 4 is 27.0 Å². The molecule has 1 aromatic carbocycles. The Balaban J connectivity index is 2.04. The fourth-order valence-electron chi connectivity index (χ4n) is 3.16. The highest BCUT2D eigenvalue weighted by Gasteiger charge is 2.31. The number of carbonyl (C=O) groups is 1. The lowest BCUT2D eigenvalue weighted by Crippen LogP contribution is -2.13. The maximum atomic E-state index is 13.3. The summed E-state index contributed by atoms with van der Waals surface area (Å²) in [5.41, 5.74) is 3.36. The van der Waals surface area contributed by atoms with E-state index in [1.807, 2.05) is 0 Å². The molecule has 0 N–H and O–H groups in total. The van der Waals surface area contributed by atoms with Crippen molar-refractivity contribution < 1.29 is 22.3 Å². The number of halogens is 1. The molecule has 0 amide bonds. The highest BCUT2D eigenvalue weighted by atomic mass is 32.2. The summed E-state index contributed by atoms with van der Waals surface area (Å²) >= 11 is 0. The summed E-state index contributed by atoms with van der Waals surface area (Å²) in [6, 6.07) is 9.21. The number of benzene rings is 1. The van der Waals surface area contributed by atoms with Crippen LogP contribution >= 0.6 is 0 Å². The SMILES string of the molecule is COC(=O)C1CC(c2ccc(F)cc2)=C(c2ccc(S(C)(=O)=O)nc2)C1. The van der Waals surface area contributed by atoms with Crippen LogP contribution in [0.5, 0.6) is 0 Å². The van der Waals surface area contributed by atoms with Crippen LogP contribution < -0.4 is 0 Å². The van der Waals surface area contributed by atoms with Crippen molar-refractivity contribution in [1.82, 2.24) is 4.98 Å². The average molecular weight is 375 g/mol. The van der Waals surface area contributed by atoms with Crippen LogP contribution in [0.4, 0.5) is 4.39 Å². The number of hydrogen-bond acceptors (Lipinski definition) is 5. The molecule has 2 aromatic rings. The van der Waals surface area contributed by atoms with Crippen LogP contribution in [0.3, 0.4) is 0 Å². The van der Waals surface area contributed by atoms with Gasteiger partial charge in [0, 0.05) is 12.5 Å². The zero-order valence-electron chi connectivity index (χ0n) is 14.4. The molecule has 26 heavy (non-hydrogen) atoms. The zero-order valence-corrected chi connectivity index (χ0v) is 15.2. The number of carbonyl (C=O) groups excluding carboxylic acids is 1. The molecular weight excluding hydrogens is 357 g/mol. The Morgan fingerprint density at radius 1 is 1.08 bits per heavy atom. The molecule has 0 spiro atoms. The van der Waals surface area contributed by atoms with E-state index in [0.29, 0.717) is 12.8 Å². The smallest absolute Gasteiger partial charge is 0.309 e. The van der Waals surface area contributed by atoms with E-state index in [-0.39, 0.29) is 22.7 Å². The quantitative estimate of drug-likeness (QED) is 0.768. The molecule has 1 aliphatic carbocycles. The molecule has 0 saturated carbocycles. The Morgan fingerprint density at radius 2 is 1.65 bits per heavy atom. The van der Waals surface area contributed by atoms with E-state index in [1.165, 1.54) is 31.5 Å². The molecular formula is C19H18FNO4S. The van der Waals surface area contributed by atoms with Gasteiger partial charge >= 0.3 is 5.97 Å². The van der Waals surface area contributed by atoms with Gasteiger partial charge in [0.15, 0.2) is 14.9 Å². The van der Waals surface area contributed by atoms with E-state index in [0.717, 1.165) is 28.5 Å². The highest BCUT2D eigenvalue weighted by molar-refractivity contribution is 7.90. The monoisotopic (exact) mass is 375 g/mol. The van der Waals surface area contributed by atoms with Gasteiger partial charge in [-0.25, -0.2) is 17.8 Å². The molecule has 1 heterocycles. The van der Waals surface area contributed by atoms with Crippen LogP contribution in [-0.4, -0.2) is 32.7 Å². The molecule has 1 aliphatic rings. The van der Waals surface area contributed by atoms with E-state index in [4.69, 9.17) is 4.74 Å². The summed E-state index contributed by atoms with van der Waals surface area (Å²) in [4.78, 5) is 16.0. The fraction of sp³-hybridized carbons (Fsp3) is 0.263. The Hall–Kier alpha value is -2.54. The van der Waals surface area contributed by atoms with Crippen molar-refractivity contribution in [2.24, 2.45) is 5.92 Å². The van der Waals surface area contributed by atoms with Gasteiger partial charge < -0.3 is 4.74 Å². The number of ether oxygens (including phenoxy) is 1. The zero-order chi connectivity index (χ0) is 18.9. The Labute approximate surface area is 151 Å². The minimum atomic E-state index is -3.38. The second kappa shape index (κ2) is 6.99. The number of hydrogen-bond donors (Lipinski definition) is 0. The van der Waals surface area contributed by atoms with Crippen molar-refractivity contribution in [3.05, 3.63) is 59.5 Å². The molecule has 1 unspecified atom stereocenters. The number of esters is 1. The van der Waals surface area contributed by atoms with E-state index in [2.05, 4.69) is 4.98 Å². The predicted octanol–water partition coefficient (Wildman–Crippen LogP) is 3.12. The topological polar surface area (TPSA) is 73.3 Å². The molecule has 0 fully saturated rings. The van der Waals surface area contributed by atoms with Gasteiger partial charge in [-0.1, -0.05) is 18.2 Å². The normalized spacial score (nSPS) is 17.4. The molecule has 0 radical (unpaired) electrons. The third-order valence-electron chi connectivity index (χ3n) is 4.46. The van der Waals surface area contributed by atoms with E-state index < -0.39 is 9.84 Å². The van der Waals surface area contributed by atoms with Crippen molar-refractivity contribution in [1.29, 1.82) is 0 Å². The Bertz CT molecular complexity index is 964. The summed E-state index contributed by atoms with van der Waals surface area (Å²) in [5.74, 6) is -0.970. The first-order valence-electron chi connectivity index (χ1n) is 8.02. The molecule has 1 aromatic heterocycles. The number of pyridine rings is 1. The van der Waals surface area contributed by atoms with E-state index in [1.54, 1.807) is 18.2 Å².